The largest absolute Gasteiger partial charge is 0.327 e. The molecule has 2 nitrogen and oxygen atoms in total. The fourth-order valence-corrected chi connectivity index (χ4v) is 2.65. The fourth-order valence-electron chi connectivity index (χ4n) is 2.65. The van der Waals surface area contributed by atoms with Gasteiger partial charge in [-0.1, -0.05) is 43.2 Å². The first-order chi connectivity index (χ1) is 8.19. The predicted octanol–water partition coefficient (Wildman–Crippen LogP) is 2.55. The molecule has 0 saturated carbocycles. The molecule has 2 atom stereocenters. The van der Waals surface area contributed by atoms with Gasteiger partial charge in [0.15, 0.2) is 0 Å². The highest BCUT2D eigenvalue weighted by Crippen LogP contribution is 2.20. The third kappa shape index (κ3) is 3.30. The molecule has 1 heterocycles. The molecule has 2 rings (SSSR count). The average molecular weight is 232 g/mol. The lowest BCUT2D eigenvalue weighted by molar-refractivity contribution is 0.145. The Labute approximate surface area is 105 Å². The Kier molecular flexibility index (Phi) is 4.19. The minimum atomic E-state index is 0.411. The molecule has 1 aliphatic rings. The van der Waals surface area contributed by atoms with E-state index >= 15 is 0 Å². The average Bonchev–Trinajstić information content (AvgIpc) is 2.34. The minimum absolute atomic E-state index is 0.411. The van der Waals surface area contributed by atoms with E-state index in [-0.39, 0.29) is 0 Å². The van der Waals surface area contributed by atoms with Crippen LogP contribution in [0.1, 0.15) is 30.9 Å². The maximum Gasteiger partial charge on any atom is 0.0233 e. The van der Waals surface area contributed by atoms with Crippen molar-refractivity contribution in [3.05, 3.63) is 35.4 Å². The number of piperidine rings is 1. The second-order valence-electron chi connectivity index (χ2n) is 5.34. The fraction of sp³-hybridized carbons (Fsp3) is 0.600. The highest BCUT2D eigenvalue weighted by Gasteiger charge is 2.24. The van der Waals surface area contributed by atoms with E-state index in [9.17, 15) is 0 Å². The van der Waals surface area contributed by atoms with Crippen LogP contribution in [0.15, 0.2) is 24.3 Å². The Balaban J connectivity index is 1.93. The monoisotopic (exact) mass is 232 g/mol. The zero-order valence-electron chi connectivity index (χ0n) is 11.0. The van der Waals surface area contributed by atoms with Crippen molar-refractivity contribution in [2.75, 3.05) is 13.1 Å². The van der Waals surface area contributed by atoms with Gasteiger partial charge in [-0.2, -0.15) is 0 Å². The molecule has 1 saturated heterocycles. The lowest BCUT2D eigenvalue weighted by Gasteiger charge is -2.36. The molecule has 17 heavy (non-hydrogen) atoms. The molecule has 2 heteroatoms. The number of likely N-dealkylation sites (tertiary alicyclic amines) is 1. The summed E-state index contributed by atoms with van der Waals surface area (Å²) in [6.45, 7) is 7.76. The van der Waals surface area contributed by atoms with E-state index in [0.29, 0.717) is 12.0 Å². The van der Waals surface area contributed by atoms with Crippen LogP contribution >= 0.6 is 0 Å². The summed E-state index contributed by atoms with van der Waals surface area (Å²) in [4.78, 5) is 2.54. The molecular formula is C15H24N2. The number of nitrogens with two attached hydrogens (primary N) is 1. The van der Waals surface area contributed by atoms with Gasteiger partial charge in [0.1, 0.15) is 0 Å². The maximum absolute atomic E-state index is 6.14. The quantitative estimate of drug-likeness (QED) is 0.868. The van der Waals surface area contributed by atoms with Crippen LogP contribution < -0.4 is 5.73 Å². The molecule has 0 aromatic heterocycles. The normalized spacial score (nSPS) is 26.1. The molecule has 1 aliphatic heterocycles. The first-order valence-electron chi connectivity index (χ1n) is 6.72. The van der Waals surface area contributed by atoms with Crippen molar-refractivity contribution < 1.29 is 0 Å². The highest BCUT2D eigenvalue weighted by atomic mass is 15.1. The molecule has 1 fully saturated rings. The van der Waals surface area contributed by atoms with Gasteiger partial charge in [-0.05, 0) is 31.4 Å². The molecule has 0 radical (unpaired) electrons. The van der Waals surface area contributed by atoms with Crippen LogP contribution in [-0.2, 0) is 6.54 Å². The summed E-state index contributed by atoms with van der Waals surface area (Å²) in [5.74, 6) is 0.675. The van der Waals surface area contributed by atoms with Gasteiger partial charge < -0.3 is 5.73 Å². The number of hydrogen-bond donors (Lipinski definition) is 1. The van der Waals surface area contributed by atoms with E-state index in [1.165, 1.54) is 17.5 Å². The second kappa shape index (κ2) is 5.65. The van der Waals surface area contributed by atoms with Crippen molar-refractivity contribution in [1.82, 2.24) is 4.90 Å². The molecule has 94 valence electrons. The van der Waals surface area contributed by atoms with E-state index in [1.807, 2.05) is 0 Å². The number of nitrogens with zero attached hydrogens (tertiary/aromatic N) is 1. The number of hydrogen-bond acceptors (Lipinski definition) is 2. The molecule has 1 aromatic rings. The maximum atomic E-state index is 6.14. The van der Waals surface area contributed by atoms with Crippen LogP contribution in [0.5, 0.6) is 0 Å². The van der Waals surface area contributed by atoms with E-state index in [1.54, 1.807) is 0 Å². The van der Waals surface area contributed by atoms with Gasteiger partial charge in [-0.3, -0.25) is 4.90 Å². The molecule has 0 amide bonds. The van der Waals surface area contributed by atoms with Crippen molar-refractivity contribution in [2.24, 2.45) is 11.7 Å². The highest BCUT2D eigenvalue weighted by molar-refractivity contribution is 5.21. The van der Waals surface area contributed by atoms with Gasteiger partial charge in [0, 0.05) is 19.1 Å². The lowest BCUT2D eigenvalue weighted by Crippen LogP contribution is -2.46. The van der Waals surface area contributed by atoms with Crippen molar-refractivity contribution in [3.63, 3.8) is 0 Å². The van der Waals surface area contributed by atoms with Crippen LogP contribution in [0.25, 0.3) is 0 Å². The van der Waals surface area contributed by atoms with Crippen molar-refractivity contribution in [3.8, 4) is 0 Å². The Bertz CT molecular complexity index is 344. The summed E-state index contributed by atoms with van der Waals surface area (Å²) in [6, 6.07) is 9.29. The number of benzene rings is 1. The van der Waals surface area contributed by atoms with Gasteiger partial charge in [0.25, 0.3) is 0 Å². The van der Waals surface area contributed by atoms with E-state index in [0.717, 1.165) is 26.1 Å². The molecule has 2 unspecified atom stereocenters. The molecule has 0 spiro atoms. The first-order valence-corrected chi connectivity index (χ1v) is 6.72. The van der Waals surface area contributed by atoms with Crippen LogP contribution in [0.3, 0.4) is 0 Å². The Hall–Kier alpha value is -0.860. The minimum Gasteiger partial charge on any atom is -0.327 e. The first kappa shape index (κ1) is 12.6. The van der Waals surface area contributed by atoms with Crippen molar-refractivity contribution in [2.45, 2.75) is 39.3 Å². The van der Waals surface area contributed by atoms with Crippen LogP contribution in [0.4, 0.5) is 0 Å². The standard InChI is InChI=1S/C15H24N2/c1-3-14-11-17(9-8-15(14)16)10-13-6-4-12(2)5-7-13/h4-7,14-15H,3,8-11,16H2,1-2H3. The van der Waals surface area contributed by atoms with Crippen molar-refractivity contribution in [1.29, 1.82) is 0 Å². The van der Waals surface area contributed by atoms with E-state index in [2.05, 4.69) is 43.0 Å². The summed E-state index contributed by atoms with van der Waals surface area (Å²) < 4.78 is 0. The second-order valence-corrected chi connectivity index (χ2v) is 5.34. The third-order valence-electron chi connectivity index (χ3n) is 3.93. The van der Waals surface area contributed by atoms with Gasteiger partial charge in [-0.25, -0.2) is 0 Å². The Morgan fingerprint density at radius 3 is 2.65 bits per heavy atom. The zero-order valence-corrected chi connectivity index (χ0v) is 11.0. The number of aryl methyl sites for hydroxylation is 1. The van der Waals surface area contributed by atoms with E-state index < -0.39 is 0 Å². The summed E-state index contributed by atoms with van der Waals surface area (Å²) >= 11 is 0. The van der Waals surface area contributed by atoms with Crippen LogP contribution in [0.2, 0.25) is 0 Å². The smallest absolute Gasteiger partial charge is 0.0233 e. The molecular weight excluding hydrogens is 208 g/mol. The van der Waals surface area contributed by atoms with Crippen LogP contribution in [-0.4, -0.2) is 24.0 Å². The number of rotatable bonds is 3. The summed E-state index contributed by atoms with van der Waals surface area (Å²) in [7, 11) is 0. The molecule has 1 aromatic carbocycles. The summed E-state index contributed by atoms with van der Waals surface area (Å²) in [6.07, 6.45) is 2.34. The van der Waals surface area contributed by atoms with E-state index in [4.69, 9.17) is 5.73 Å². The molecule has 0 aliphatic carbocycles. The SMILES string of the molecule is CCC1CN(Cc2ccc(C)cc2)CCC1N. The summed E-state index contributed by atoms with van der Waals surface area (Å²) in [5, 5.41) is 0. The predicted molar refractivity (Wildman–Crippen MR) is 72.8 cm³/mol. The van der Waals surface area contributed by atoms with Gasteiger partial charge in [0.2, 0.25) is 0 Å². The topological polar surface area (TPSA) is 29.3 Å². The molecule has 2 N–H and O–H groups in total. The summed E-state index contributed by atoms with van der Waals surface area (Å²) in [5.41, 5.74) is 8.89. The van der Waals surface area contributed by atoms with Gasteiger partial charge in [0.05, 0.1) is 0 Å². The molecule has 0 bridgehead atoms. The zero-order chi connectivity index (χ0) is 12.3. The lowest BCUT2D eigenvalue weighted by atomic mass is 9.90. The van der Waals surface area contributed by atoms with Crippen molar-refractivity contribution >= 4 is 0 Å². The van der Waals surface area contributed by atoms with Crippen LogP contribution in [0, 0.1) is 12.8 Å². The third-order valence-corrected chi connectivity index (χ3v) is 3.93. The van der Waals surface area contributed by atoms with Gasteiger partial charge in [-0.15, -0.1) is 0 Å². The Morgan fingerprint density at radius 2 is 2.00 bits per heavy atom. The van der Waals surface area contributed by atoms with Gasteiger partial charge >= 0.3 is 0 Å². The Morgan fingerprint density at radius 1 is 1.29 bits per heavy atom.